The Bertz CT molecular complexity index is 1340. The second-order valence-corrected chi connectivity index (χ2v) is 8.12. The molecule has 0 atom stereocenters. The van der Waals surface area contributed by atoms with Crippen molar-refractivity contribution in [3.8, 4) is 22.9 Å². The van der Waals surface area contributed by atoms with E-state index in [4.69, 9.17) is 14.0 Å². The van der Waals surface area contributed by atoms with E-state index in [-0.39, 0.29) is 25.1 Å². The summed E-state index contributed by atoms with van der Waals surface area (Å²) < 4.78 is 54.8. The Morgan fingerprint density at radius 3 is 2.30 bits per heavy atom. The molecule has 1 amide bonds. The zero-order chi connectivity index (χ0) is 26.4. The van der Waals surface area contributed by atoms with Crippen molar-refractivity contribution >= 4 is 5.91 Å². The van der Waals surface area contributed by atoms with E-state index in [1.807, 2.05) is 30.3 Å². The minimum atomic E-state index is -4.48. The van der Waals surface area contributed by atoms with Crippen LogP contribution in [0.3, 0.4) is 0 Å². The normalized spacial score (nSPS) is 11.3. The summed E-state index contributed by atoms with van der Waals surface area (Å²) in [7, 11) is 3.06. The number of methoxy groups -OCH3 is 2. The topological polar surface area (TPSA) is 77.7 Å². The molecule has 10 heteroatoms. The minimum absolute atomic E-state index is 0.153. The summed E-state index contributed by atoms with van der Waals surface area (Å²) in [5, 5.41) is 4.02. The Morgan fingerprint density at radius 1 is 0.946 bits per heavy atom. The highest BCUT2D eigenvalue weighted by atomic mass is 19.4. The maximum atomic E-state index is 13.2. The van der Waals surface area contributed by atoms with Crippen LogP contribution in [0.1, 0.15) is 27.4 Å². The molecule has 0 unspecified atom stereocenters. The number of alkyl halides is 3. The molecule has 0 radical (unpaired) electrons. The highest BCUT2D eigenvalue weighted by Crippen LogP contribution is 2.31. The molecule has 4 rings (SSSR count). The first kappa shape index (κ1) is 25.7. The van der Waals surface area contributed by atoms with Crippen LogP contribution in [0.4, 0.5) is 13.2 Å². The molecule has 0 N–H and O–H groups in total. The summed E-state index contributed by atoms with van der Waals surface area (Å²) in [6.07, 6.45) is -4.23. The van der Waals surface area contributed by atoms with Gasteiger partial charge in [0.15, 0.2) is 11.5 Å². The molecule has 0 aliphatic heterocycles. The number of hydrogen-bond donors (Lipinski definition) is 0. The van der Waals surface area contributed by atoms with Crippen LogP contribution in [0, 0.1) is 0 Å². The molecule has 0 spiro atoms. The van der Waals surface area contributed by atoms with Crippen molar-refractivity contribution in [3.63, 3.8) is 0 Å². The van der Waals surface area contributed by atoms with Gasteiger partial charge in [0.2, 0.25) is 11.7 Å². The molecule has 1 heterocycles. The lowest BCUT2D eigenvalue weighted by molar-refractivity contribution is -0.137. The highest BCUT2D eigenvalue weighted by molar-refractivity contribution is 5.94. The van der Waals surface area contributed by atoms with Gasteiger partial charge in [0.1, 0.15) is 0 Å². The van der Waals surface area contributed by atoms with Crippen LogP contribution in [0.15, 0.2) is 77.3 Å². The highest BCUT2D eigenvalue weighted by Gasteiger charge is 2.30. The van der Waals surface area contributed by atoms with Crippen molar-refractivity contribution in [3.05, 3.63) is 95.4 Å². The number of nitrogens with zero attached hydrogens (tertiary/aromatic N) is 3. The van der Waals surface area contributed by atoms with E-state index in [1.165, 1.54) is 31.3 Å². The van der Waals surface area contributed by atoms with Crippen LogP contribution in [-0.4, -0.2) is 41.7 Å². The van der Waals surface area contributed by atoms with Crippen LogP contribution in [0.5, 0.6) is 11.5 Å². The van der Waals surface area contributed by atoms with Crippen molar-refractivity contribution in [2.75, 3.05) is 20.8 Å². The van der Waals surface area contributed by atoms with Gasteiger partial charge in [-0.15, -0.1) is 0 Å². The van der Waals surface area contributed by atoms with E-state index in [2.05, 4.69) is 10.1 Å². The number of amides is 1. The number of hydrogen-bond acceptors (Lipinski definition) is 6. The molecule has 0 saturated carbocycles. The molecule has 0 fully saturated rings. The fraction of sp³-hybridized carbons (Fsp3) is 0.222. The molecule has 7 nitrogen and oxygen atoms in total. The van der Waals surface area contributed by atoms with E-state index in [9.17, 15) is 18.0 Å². The first-order chi connectivity index (χ1) is 17.8. The molecule has 0 saturated heterocycles. The first-order valence-corrected chi connectivity index (χ1v) is 11.3. The molecule has 4 aromatic rings. The van der Waals surface area contributed by atoms with E-state index in [1.54, 1.807) is 18.2 Å². The maximum absolute atomic E-state index is 13.2. The first-order valence-electron chi connectivity index (χ1n) is 11.3. The maximum Gasteiger partial charge on any atom is 0.416 e. The number of halogens is 3. The smallest absolute Gasteiger partial charge is 0.416 e. The van der Waals surface area contributed by atoms with Gasteiger partial charge in [-0.1, -0.05) is 35.5 Å². The standard InChI is InChI=1S/C27H24F3N3O4/c1-35-22-13-10-20(16-23(22)36-2)25-31-24(37-32-25)14-15-33(17-18-6-4-3-5-7-18)26(34)19-8-11-21(12-9-19)27(28,29)30/h3-13,16H,14-15,17H2,1-2H3. The lowest BCUT2D eigenvalue weighted by Gasteiger charge is -2.22. The lowest BCUT2D eigenvalue weighted by atomic mass is 10.1. The van der Waals surface area contributed by atoms with Crippen molar-refractivity contribution in [1.82, 2.24) is 15.0 Å². The van der Waals surface area contributed by atoms with E-state index in [0.717, 1.165) is 17.7 Å². The largest absolute Gasteiger partial charge is 0.493 e. The average Bonchev–Trinajstić information content (AvgIpc) is 3.39. The van der Waals surface area contributed by atoms with Crippen LogP contribution >= 0.6 is 0 Å². The third-order valence-electron chi connectivity index (χ3n) is 5.67. The molecular formula is C27H24F3N3O4. The Balaban J connectivity index is 1.52. The third kappa shape index (κ3) is 6.27. The molecule has 3 aromatic carbocycles. The number of ether oxygens (including phenoxy) is 2. The van der Waals surface area contributed by atoms with Gasteiger partial charge in [-0.3, -0.25) is 4.79 Å². The summed E-state index contributed by atoms with van der Waals surface area (Å²) in [5.74, 6) is 1.33. The Kier molecular flexibility index (Phi) is 7.76. The van der Waals surface area contributed by atoms with E-state index >= 15 is 0 Å². The molecule has 1 aromatic heterocycles. The van der Waals surface area contributed by atoms with Gasteiger partial charge in [-0.05, 0) is 48.0 Å². The molecule has 192 valence electrons. The van der Waals surface area contributed by atoms with Gasteiger partial charge >= 0.3 is 6.18 Å². The summed E-state index contributed by atoms with van der Waals surface area (Å²) >= 11 is 0. The van der Waals surface area contributed by atoms with Crippen LogP contribution in [0.25, 0.3) is 11.4 Å². The zero-order valence-electron chi connectivity index (χ0n) is 20.2. The van der Waals surface area contributed by atoms with Crippen molar-refractivity contribution in [2.45, 2.75) is 19.1 Å². The quantitative estimate of drug-likeness (QED) is 0.289. The predicted molar refractivity (Wildman–Crippen MR) is 129 cm³/mol. The van der Waals surface area contributed by atoms with Gasteiger partial charge in [0.25, 0.3) is 5.91 Å². The fourth-order valence-corrected chi connectivity index (χ4v) is 3.72. The third-order valence-corrected chi connectivity index (χ3v) is 5.67. The van der Waals surface area contributed by atoms with Gasteiger partial charge in [0.05, 0.1) is 19.8 Å². The van der Waals surface area contributed by atoms with Crippen LogP contribution in [0.2, 0.25) is 0 Å². The van der Waals surface area contributed by atoms with Crippen molar-refractivity contribution in [2.24, 2.45) is 0 Å². The fourth-order valence-electron chi connectivity index (χ4n) is 3.72. The summed E-state index contributed by atoms with van der Waals surface area (Å²) in [6.45, 7) is 0.472. The molecule has 0 aliphatic rings. The second-order valence-electron chi connectivity index (χ2n) is 8.12. The number of aromatic nitrogens is 2. The summed E-state index contributed by atoms with van der Waals surface area (Å²) in [4.78, 5) is 19.2. The van der Waals surface area contributed by atoms with E-state index < -0.39 is 17.6 Å². The lowest BCUT2D eigenvalue weighted by Crippen LogP contribution is -2.32. The Labute approximate surface area is 211 Å². The van der Waals surface area contributed by atoms with Gasteiger partial charge in [0, 0.05) is 30.6 Å². The SMILES string of the molecule is COc1ccc(-c2noc(CCN(Cc3ccccc3)C(=O)c3ccc(C(F)(F)F)cc3)n2)cc1OC. The summed E-state index contributed by atoms with van der Waals surface area (Å²) in [5.41, 5.74) is 0.876. The van der Waals surface area contributed by atoms with Gasteiger partial charge in [-0.2, -0.15) is 18.2 Å². The molecule has 37 heavy (non-hydrogen) atoms. The summed E-state index contributed by atoms with van der Waals surface area (Å²) in [6, 6.07) is 18.7. The minimum Gasteiger partial charge on any atom is -0.493 e. The monoisotopic (exact) mass is 511 g/mol. The van der Waals surface area contributed by atoms with Crippen molar-refractivity contribution < 1.29 is 32.0 Å². The van der Waals surface area contributed by atoms with Crippen LogP contribution in [-0.2, 0) is 19.1 Å². The number of carbonyl (C=O) groups excluding carboxylic acids is 1. The van der Waals surface area contributed by atoms with E-state index in [0.29, 0.717) is 28.8 Å². The molecule has 0 bridgehead atoms. The predicted octanol–water partition coefficient (Wildman–Crippen LogP) is 5.66. The second kappa shape index (κ2) is 11.2. The molecule has 0 aliphatic carbocycles. The average molecular weight is 512 g/mol. The van der Waals surface area contributed by atoms with Crippen molar-refractivity contribution in [1.29, 1.82) is 0 Å². The van der Waals surface area contributed by atoms with Gasteiger partial charge < -0.3 is 18.9 Å². The Morgan fingerprint density at radius 2 is 1.65 bits per heavy atom. The number of carbonyl (C=O) groups is 1. The molecular weight excluding hydrogens is 487 g/mol. The van der Waals surface area contributed by atoms with Crippen LogP contribution < -0.4 is 9.47 Å². The zero-order valence-corrected chi connectivity index (χ0v) is 20.2. The number of benzene rings is 3. The van der Waals surface area contributed by atoms with Gasteiger partial charge in [-0.25, -0.2) is 0 Å². The number of rotatable bonds is 9. The Hall–Kier alpha value is -4.34.